The lowest BCUT2D eigenvalue weighted by Crippen LogP contribution is -2.28. The number of hydrogen-bond acceptors (Lipinski definition) is 4. The van der Waals surface area contributed by atoms with E-state index in [0.717, 1.165) is 0 Å². The lowest BCUT2D eigenvalue weighted by Gasteiger charge is -2.17. The Hall–Kier alpha value is -2.37. The van der Waals surface area contributed by atoms with E-state index in [0.29, 0.717) is 16.8 Å². The van der Waals surface area contributed by atoms with E-state index < -0.39 is 17.8 Å². The van der Waals surface area contributed by atoms with E-state index in [1.54, 1.807) is 25.1 Å². The minimum absolute atomic E-state index is 0.132. The highest BCUT2D eigenvalue weighted by molar-refractivity contribution is 6.00. The van der Waals surface area contributed by atoms with Crippen molar-refractivity contribution in [1.29, 1.82) is 0 Å². The summed E-state index contributed by atoms with van der Waals surface area (Å²) < 4.78 is 4.67. The molecule has 0 aromatic heterocycles. The van der Waals surface area contributed by atoms with E-state index in [2.05, 4.69) is 4.74 Å². The average Bonchev–Trinajstić information content (AvgIpc) is 2.80. The van der Waals surface area contributed by atoms with Crippen LogP contribution in [0.2, 0.25) is 0 Å². The summed E-state index contributed by atoms with van der Waals surface area (Å²) in [6.07, 6.45) is 0.132. The van der Waals surface area contributed by atoms with Crippen molar-refractivity contribution < 1.29 is 19.1 Å². The number of hydrogen-bond donors (Lipinski definition) is 1. The molecule has 20 heavy (non-hydrogen) atoms. The van der Waals surface area contributed by atoms with Crippen LogP contribution < -0.4 is 10.6 Å². The van der Waals surface area contributed by atoms with E-state index in [1.807, 2.05) is 0 Å². The molecule has 1 fully saturated rings. The van der Waals surface area contributed by atoms with Crippen molar-refractivity contribution in [3.63, 3.8) is 0 Å². The summed E-state index contributed by atoms with van der Waals surface area (Å²) in [5, 5.41) is 0. The molecular weight excluding hydrogens is 260 g/mol. The van der Waals surface area contributed by atoms with Crippen LogP contribution >= 0.6 is 0 Å². The number of aryl methyl sites for hydroxylation is 1. The van der Waals surface area contributed by atoms with E-state index >= 15 is 0 Å². The zero-order chi connectivity index (χ0) is 14.9. The third-order valence-electron chi connectivity index (χ3n) is 3.45. The van der Waals surface area contributed by atoms with Gasteiger partial charge in [0.2, 0.25) is 11.8 Å². The van der Waals surface area contributed by atoms with Gasteiger partial charge in [0, 0.05) is 18.7 Å². The largest absolute Gasteiger partial charge is 0.465 e. The number of benzene rings is 1. The van der Waals surface area contributed by atoms with Crippen LogP contribution in [-0.4, -0.2) is 31.4 Å². The number of nitrogens with zero attached hydrogens (tertiary/aromatic N) is 1. The predicted molar refractivity (Wildman–Crippen MR) is 72.2 cm³/mol. The van der Waals surface area contributed by atoms with E-state index in [4.69, 9.17) is 5.73 Å². The van der Waals surface area contributed by atoms with Gasteiger partial charge >= 0.3 is 5.97 Å². The second kappa shape index (κ2) is 5.32. The molecule has 106 valence electrons. The standard InChI is InChI=1S/C14H16N2O4/c1-8-5-10(3-4-11(8)14(19)20-2)16-7-9(13(15)18)6-12(16)17/h3-5,9H,6-7H2,1-2H3,(H2,15,18). The summed E-state index contributed by atoms with van der Waals surface area (Å²) in [5.74, 6) is -1.48. The molecule has 2 N–H and O–H groups in total. The van der Waals surface area contributed by atoms with Gasteiger partial charge in [-0.2, -0.15) is 0 Å². The van der Waals surface area contributed by atoms with Crippen LogP contribution in [0.4, 0.5) is 5.69 Å². The molecule has 1 saturated heterocycles. The van der Waals surface area contributed by atoms with Gasteiger partial charge in [0.25, 0.3) is 0 Å². The first-order chi connectivity index (χ1) is 9.43. The fraction of sp³-hybridized carbons (Fsp3) is 0.357. The van der Waals surface area contributed by atoms with Gasteiger partial charge in [0.1, 0.15) is 0 Å². The van der Waals surface area contributed by atoms with Gasteiger partial charge in [-0.25, -0.2) is 4.79 Å². The summed E-state index contributed by atoms with van der Waals surface area (Å²) in [6, 6.07) is 5.01. The van der Waals surface area contributed by atoms with Crippen molar-refractivity contribution in [3.05, 3.63) is 29.3 Å². The SMILES string of the molecule is COC(=O)c1ccc(N2CC(C(N)=O)CC2=O)cc1C. The Morgan fingerprint density at radius 3 is 2.60 bits per heavy atom. The van der Waals surface area contributed by atoms with Crippen LogP contribution in [-0.2, 0) is 14.3 Å². The summed E-state index contributed by atoms with van der Waals surface area (Å²) in [5.41, 5.74) is 7.06. The van der Waals surface area contributed by atoms with Crippen molar-refractivity contribution in [3.8, 4) is 0 Å². The Morgan fingerprint density at radius 2 is 2.10 bits per heavy atom. The predicted octanol–water partition coefficient (Wildman–Crippen LogP) is 0.620. The third-order valence-corrected chi connectivity index (χ3v) is 3.45. The smallest absolute Gasteiger partial charge is 0.338 e. The maximum absolute atomic E-state index is 11.9. The molecule has 1 unspecified atom stereocenters. The Kier molecular flexibility index (Phi) is 3.74. The quantitative estimate of drug-likeness (QED) is 0.819. The zero-order valence-electron chi connectivity index (χ0n) is 11.4. The molecule has 1 aliphatic heterocycles. The maximum atomic E-state index is 11.9. The molecule has 6 nitrogen and oxygen atoms in total. The molecule has 0 radical (unpaired) electrons. The molecule has 0 saturated carbocycles. The van der Waals surface area contributed by atoms with Crippen molar-refractivity contribution in [2.45, 2.75) is 13.3 Å². The maximum Gasteiger partial charge on any atom is 0.338 e. The molecule has 1 heterocycles. The molecule has 2 amide bonds. The second-order valence-corrected chi connectivity index (χ2v) is 4.80. The summed E-state index contributed by atoms with van der Waals surface area (Å²) in [4.78, 5) is 36.1. The number of amides is 2. The van der Waals surface area contributed by atoms with Crippen molar-refractivity contribution in [2.24, 2.45) is 11.7 Å². The molecular formula is C14H16N2O4. The highest BCUT2D eigenvalue weighted by atomic mass is 16.5. The van der Waals surface area contributed by atoms with Gasteiger partial charge in [0.05, 0.1) is 18.6 Å². The monoisotopic (exact) mass is 276 g/mol. The number of primary amides is 1. The molecule has 1 aliphatic rings. The number of nitrogens with two attached hydrogens (primary N) is 1. The van der Waals surface area contributed by atoms with Crippen LogP contribution in [0.1, 0.15) is 22.3 Å². The number of rotatable bonds is 3. The molecule has 1 aromatic carbocycles. The average molecular weight is 276 g/mol. The number of ether oxygens (including phenoxy) is 1. The number of esters is 1. The molecule has 0 bridgehead atoms. The molecule has 1 aromatic rings. The number of methoxy groups -OCH3 is 1. The first kappa shape index (κ1) is 14.0. The zero-order valence-corrected chi connectivity index (χ0v) is 11.4. The van der Waals surface area contributed by atoms with Gasteiger partial charge in [-0.15, -0.1) is 0 Å². The van der Waals surface area contributed by atoms with Gasteiger partial charge < -0.3 is 15.4 Å². The number of carbonyl (C=O) groups is 3. The third kappa shape index (κ3) is 2.49. The summed E-state index contributed by atoms with van der Waals surface area (Å²) in [6.45, 7) is 2.05. The summed E-state index contributed by atoms with van der Waals surface area (Å²) in [7, 11) is 1.32. The molecule has 6 heteroatoms. The molecule has 1 atom stereocenters. The first-order valence-corrected chi connectivity index (χ1v) is 6.22. The topological polar surface area (TPSA) is 89.7 Å². The van der Waals surface area contributed by atoms with Crippen LogP contribution in [0.5, 0.6) is 0 Å². The number of carbonyl (C=O) groups excluding carboxylic acids is 3. The van der Waals surface area contributed by atoms with Crippen molar-refractivity contribution in [2.75, 3.05) is 18.6 Å². The minimum Gasteiger partial charge on any atom is -0.465 e. The number of anilines is 1. The fourth-order valence-electron chi connectivity index (χ4n) is 2.30. The van der Waals surface area contributed by atoms with Crippen LogP contribution in [0.25, 0.3) is 0 Å². The molecule has 2 rings (SSSR count). The van der Waals surface area contributed by atoms with Crippen LogP contribution in [0.15, 0.2) is 18.2 Å². The van der Waals surface area contributed by atoms with Gasteiger partial charge in [0.15, 0.2) is 0 Å². The van der Waals surface area contributed by atoms with Crippen LogP contribution in [0, 0.1) is 12.8 Å². The van der Waals surface area contributed by atoms with Crippen molar-refractivity contribution >= 4 is 23.5 Å². The summed E-state index contributed by atoms with van der Waals surface area (Å²) >= 11 is 0. The van der Waals surface area contributed by atoms with Crippen LogP contribution in [0.3, 0.4) is 0 Å². The first-order valence-electron chi connectivity index (χ1n) is 6.22. The Morgan fingerprint density at radius 1 is 1.40 bits per heavy atom. The second-order valence-electron chi connectivity index (χ2n) is 4.80. The lowest BCUT2D eigenvalue weighted by molar-refractivity contribution is -0.123. The molecule has 0 spiro atoms. The van der Waals surface area contributed by atoms with Gasteiger partial charge in [-0.05, 0) is 30.7 Å². The Bertz CT molecular complexity index is 583. The highest BCUT2D eigenvalue weighted by Gasteiger charge is 2.34. The fourth-order valence-corrected chi connectivity index (χ4v) is 2.30. The Labute approximate surface area is 116 Å². The normalized spacial score (nSPS) is 18.2. The van der Waals surface area contributed by atoms with Gasteiger partial charge in [-0.3, -0.25) is 9.59 Å². The van der Waals surface area contributed by atoms with Gasteiger partial charge in [-0.1, -0.05) is 0 Å². The van der Waals surface area contributed by atoms with E-state index in [9.17, 15) is 14.4 Å². The van der Waals surface area contributed by atoms with Crippen molar-refractivity contribution in [1.82, 2.24) is 0 Å². The molecule has 0 aliphatic carbocycles. The highest BCUT2D eigenvalue weighted by Crippen LogP contribution is 2.27. The van der Waals surface area contributed by atoms with E-state index in [1.165, 1.54) is 12.0 Å². The van der Waals surface area contributed by atoms with E-state index in [-0.39, 0.29) is 18.9 Å². The Balaban J connectivity index is 2.26. The minimum atomic E-state index is -0.469. The lowest BCUT2D eigenvalue weighted by atomic mass is 10.1.